The molecule has 1 heterocycles. The van der Waals surface area contributed by atoms with E-state index in [1.165, 1.54) is 19.3 Å². The molecule has 1 N–H and O–H groups in total. The molecule has 0 spiro atoms. The first-order valence-electron chi connectivity index (χ1n) is 7.11. The van der Waals surface area contributed by atoms with Crippen molar-refractivity contribution in [2.45, 2.75) is 52.0 Å². The van der Waals surface area contributed by atoms with E-state index in [4.69, 9.17) is 0 Å². The van der Waals surface area contributed by atoms with Crippen molar-refractivity contribution in [2.75, 3.05) is 20.1 Å². The zero-order chi connectivity index (χ0) is 12.5. The Morgan fingerprint density at radius 1 is 1.41 bits per heavy atom. The molecule has 3 heteroatoms. The van der Waals surface area contributed by atoms with Crippen LogP contribution in [-0.2, 0) is 4.79 Å². The van der Waals surface area contributed by atoms with Crippen LogP contribution in [-0.4, -0.2) is 37.0 Å². The molecule has 1 aliphatic heterocycles. The molecule has 1 saturated carbocycles. The quantitative estimate of drug-likeness (QED) is 0.795. The van der Waals surface area contributed by atoms with Crippen molar-refractivity contribution in [3.63, 3.8) is 0 Å². The second kappa shape index (κ2) is 4.97. The van der Waals surface area contributed by atoms with Gasteiger partial charge < -0.3 is 5.32 Å². The van der Waals surface area contributed by atoms with Gasteiger partial charge in [-0.05, 0) is 44.2 Å². The first-order chi connectivity index (χ1) is 8.13. The second-order valence-corrected chi connectivity index (χ2v) is 5.85. The van der Waals surface area contributed by atoms with Crippen LogP contribution in [0.2, 0.25) is 0 Å². The molecule has 17 heavy (non-hydrogen) atoms. The maximum Gasteiger partial charge on any atom is 0.237 e. The maximum atomic E-state index is 12.0. The summed E-state index contributed by atoms with van der Waals surface area (Å²) >= 11 is 0. The SMILES string of the molecule is CCC1(CC)CC1CNC(=O)C1CCCN1C. The Balaban J connectivity index is 1.74. The number of hydrogen-bond donors (Lipinski definition) is 1. The number of carbonyl (C=O) groups excluding carboxylic acids is 1. The van der Waals surface area contributed by atoms with Crippen molar-refractivity contribution in [1.82, 2.24) is 10.2 Å². The van der Waals surface area contributed by atoms with Crippen molar-refractivity contribution in [1.29, 1.82) is 0 Å². The third kappa shape index (κ3) is 2.49. The predicted octanol–water partition coefficient (Wildman–Crippen LogP) is 2.02. The highest BCUT2D eigenvalue weighted by molar-refractivity contribution is 5.82. The fourth-order valence-electron chi connectivity index (χ4n) is 3.42. The van der Waals surface area contributed by atoms with Gasteiger partial charge in [-0.2, -0.15) is 0 Å². The van der Waals surface area contributed by atoms with Gasteiger partial charge in [-0.3, -0.25) is 9.69 Å². The molecular weight excluding hydrogens is 212 g/mol. The number of likely N-dealkylation sites (N-methyl/N-ethyl adjacent to an activating group) is 1. The Morgan fingerprint density at radius 2 is 2.12 bits per heavy atom. The van der Waals surface area contributed by atoms with Gasteiger partial charge in [0.25, 0.3) is 0 Å². The van der Waals surface area contributed by atoms with E-state index in [0.717, 1.165) is 31.8 Å². The maximum absolute atomic E-state index is 12.0. The summed E-state index contributed by atoms with van der Waals surface area (Å²) in [6.45, 7) is 6.51. The molecule has 0 aromatic heterocycles. The van der Waals surface area contributed by atoms with E-state index < -0.39 is 0 Å². The molecule has 1 saturated heterocycles. The number of carbonyl (C=O) groups is 1. The van der Waals surface area contributed by atoms with E-state index >= 15 is 0 Å². The third-order valence-electron chi connectivity index (χ3n) is 5.11. The molecule has 1 aliphatic carbocycles. The summed E-state index contributed by atoms with van der Waals surface area (Å²) in [7, 11) is 2.05. The Labute approximate surface area is 105 Å². The van der Waals surface area contributed by atoms with Crippen molar-refractivity contribution < 1.29 is 4.79 Å². The zero-order valence-electron chi connectivity index (χ0n) is 11.5. The average molecular weight is 238 g/mol. The fourth-order valence-corrected chi connectivity index (χ4v) is 3.42. The number of hydrogen-bond acceptors (Lipinski definition) is 2. The molecule has 3 nitrogen and oxygen atoms in total. The number of likely N-dealkylation sites (tertiary alicyclic amines) is 1. The van der Waals surface area contributed by atoms with Gasteiger partial charge in [0.05, 0.1) is 6.04 Å². The molecule has 2 aliphatic rings. The molecule has 0 aromatic rings. The van der Waals surface area contributed by atoms with Crippen LogP contribution in [0.5, 0.6) is 0 Å². The summed E-state index contributed by atoms with van der Waals surface area (Å²) in [4.78, 5) is 14.2. The lowest BCUT2D eigenvalue weighted by Gasteiger charge is -2.19. The van der Waals surface area contributed by atoms with Crippen LogP contribution in [0.3, 0.4) is 0 Å². The molecule has 98 valence electrons. The molecule has 0 bridgehead atoms. The van der Waals surface area contributed by atoms with Gasteiger partial charge in [-0.25, -0.2) is 0 Å². The average Bonchev–Trinajstić information content (AvgIpc) is 2.90. The van der Waals surface area contributed by atoms with Crippen LogP contribution in [0.15, 0.2) is 0 Å². The van der Waals surface area contributed by atoms with E-state index in [1.807, 2.05) is 0 Å². The highest BCUT2D eigenvalue weighted by Gasteiger charge is 2.50. The Bertz CT molecular complexity index is 286. The van der Waals surface area contributed by atoms with Crippen LogP contribution in [0.25, 0.3) is 0 Å². The molecule has 2 unspecified atom stereocenters. The van der Waals surface area contributed by atoms with Gasteiger partial charge in [0.1, 0.15) is 0 Å². The highest BCUT2D eigenvalue weighted by Crippen LogP contribution is 2.57. The van der Waals surface area contributed by atoms with Crippen molar-refractivity contribution >= 4 is 5.91 Å². The van der Waals surface area contributed by atoms with E-state index in [1.54, 1.807) is 0 Å². The van der Waals surface area contributed by atoms with Crippen molar-refractivity contribution in [2.24, 2.45) is 11.3 Å². The van der Waals surface area contributed by atoms with E-state index in [2.05, 4.69) is 31.1 Å². The Morgan fingerprint density at radius 3 is 2.59 bits per heavy atom. The normalized spacial score (nSPS) is 31.5. The van der Waals surface area contributed by atoms with Crippen LogP contribution < -0.4 is 5.32 Å². The van der Waals surface area contributed by atoms with Crippen LogP contribution in [0, 0.1) is 11.3 Å². The first kappa shape index (κ1) is 12.9. The number of nitrogens with one attached hydrogen (secondary N) is 1. The number of amides is 1. The van der Waals surface area contributed by atoms with Crippen LogP contribution in [0.1, 0.15) is 46.0 Å². The summed E-state index contributed by atoms with van der Waals surface area (Å²) in [6, 6.07) is 0.131. The molecule has 2 fully saturated rings. The summed E-state index contributed by atoms with van der Waals surface area (Å²) in [5.74, 6) is 0.978. The Kier molecular flexibility index (Phi) is 3.76. The standard InChI is InChI=1S/C14H26N2O/c1-4-14(5-2)9-11(14)10-15-13(17)12-7-6-8-16(12)3/h11-12H,4-10H2,1-3H3,(H,15,17). The van der Waals surface area contributed by atoms with Crippen molar-refractivity contribution in [3.8, 4) is 0 Å². The summed E-state index contributed by atoms with van der Waals surface area (Å²) in [6.07, 6.45) is 6.01. The molecule has 2 rings (SSSR count). The number of rotatable bonds is 5. The van der Waals surface area contributed by atoms with Gasteiger partial charge in [0, 0.05) is 6.54 Å². The van der Waals surface area contributed by atoms with Crippen LogP contribution in [0.4, 0.5) is 0 Å². The minimum absolute atomic E-state index is 0.131. The van der Waals surface area contributed by atoms with Gasteiger partial charge >= 0.3 is 0 Å². The first-order valence-corrected chi connectivity index (χ1v) is 7.11. The van der Waals surface area contributed by atoms with Gasteiger partial charge in [-0.1, -0.05) is 26.7 Å². The third-order valence-corrected chi connectivity index (χ3v) is 5.11. The van der Waals surface area contributed by atoms with Gasteiger partial charge in [-0.15, -0.1) is 0 Å². The second-order valence-electron chi connectivity index (χ2n) is 5.85. The van der Waals surface area contributed by atoms with E-state index in [9.17, 15) is 4.79 Å². The zero-order valence-corrected chi connectivity index (χ0v) is 11.5. The fraction of sp³-hybridized carbons (Fsp3) is 0.929. The topological polar surface area (TPSA) is 32.3 Å². The van der Waals surface area contributed by atoms with Gasteiger partial charge in [0.2, 0.25) is 5.91 Å². The molecular formula is C14H26N2O. The summed E-state index contributed by atoms with van der Waals surface area (Å²) in [5, 5.41) is 3.16. The molecule has 1 amide bonds. The van der Waals surface area contributed by atoms with E-state index in [0.29, 0.717) is 5.41 Å². The smallest absolute Gasteiger partial charge is 0.237 e. The minimum Gasteiger partial charge on any atom is -0.354 e. The van der Waals surface area contributed by atoms with Crippen molar-refractivity contribution in [3.05, 3.63) is 0 Å². The lowest BCUT2D eigenvalue weighted by atomic mass is 9.97. The largest absolute Gasteiger partial charge is 0.354 e. The molecule has 0 radical (unpaired) electrons. The molecule has 0 aromatic carbocycles. The summed E-state index contributed by atoms with van der Waals surface area (Å²) in [5.41, 5.74) is 0.550. The van der Waals surface area contributed by atoms with Crippen LogP contribution >= 0.6 is 0 Å². The summed E-state index contributed by atoms with van der Waals surface area (Å²) < 4.78 is 0. The van der Waals surface area contributed by atoms with Gasteiger partial charge in [0.15, 0.2) is 0 Å². The molecule has 2 atom stereocenters. The minimum atomic E-state index is 0.131. The number of nitrogens with zero attached hydrogens (tertiary/aromatic N) is 1. The lowest BCUT2D eigenvalue weighted by Crippen LogP contribution is -2.42. The monoisotopic (exact) mass is 238 g/mol. The predicted molar refractivity (Wildman–Crippen MR) is 69.8 cm³/mol. The van der Waals surface area contributed by atoms with E-state index in [-0.39, 0.29) is 11.9 Å². The Hall–Kier alpha value is -0.570. The lowest BCUT2D eigenvalue weighted by molar-refractivity contribution is -0.125. The highest BCUT2D eigenvalue weighted by atomic mass is 16.2.